The molecule has 0 bridgehead atoms. The van der Waals surface area contributed by atoms with Crippen molar-refractivity contribution in [3.8, 4) is 0 Å². The van der Waals surface area contributed by atoms with Crippen molar-refractivity contribution in [3.05, 3.63) is 0 Å². The summed E-state index contributed by atoms with van der Waals surface area (Å²) in [4.78, 5) is 10.8. The van der Waals surface area contributed by atoms with E-state index in [1.807, 2.05) is 13.8 Å². The molecule has 0 radical (unpaired) electrons. The van der Waals surface area contributed by atoms with E-state index in [1.165, 1.54) is 23.5 Å². The fraction of sp³-hybridized carbons (Fsp3) is 0.750. The van der Waals surface area contributed by atoms with Crippen molar-refractivity contribution >= 4 is 45.2 Å². The number of hydrogen-bond acceptors (Lipinski definition) is 4. The lowest BCUT2D eigenvalue weighted by molar-refractivity contribution is -0.138. The molecule has 2 nitrogen and oxygen atoms in total. The Labute approximate surface area is 92.9 Å². The van der Waals surface area contributed by atoms with Crippen molar-refractivity contribution in [2.75, 3.05) is 0 Å². The Bertz CT molecular complexity index is 211. The fourth-order valence-electron chi connectivity index (χ4n) is 0.468. The van der Waals surface area contributed by atoms with Gasteiger partial charge in [0.2, 0.25) is 0 Å². The van der Waals surface area contributed by atoms with Crippen LogP contribution in [0.3, 0.4) is 0 Å². The maximum Gasteiger partial charge on any atom is 0.319 e. The molecule has 0 spiro atoms. The van der Waals surface area contributed by atoms with Gasteiger partial charge in [-0.05, 0) is 13.8 Å². The number of thioether (sulfide) groups is 2. The van der Waals surface area contributed by atoms with E-state index in [4.69, 9.17) is 17.3 Å². The maximum absolute atomic E-state index is 10.8. The molecule has 0 aromatic rings. The van der Waals surface area contributed by atoms with Crippen molar-refractivity contribution in [2.45, 2.75) is 37.7 Å². The van der Waals surface area contributed by atoms with Gasteiger partial charge in [0, 0.05) is 5.25 Å². The van der Waals surface area contributed by atoms with Gasteiger partial charge in [0.25, 0.3) is 0 Å². The third kappa shape index (κ3) is 5.54. The molecule has 1 N–H and O–H groups in total. The molecule has 0 fully saturated rings. The van der Waals surface area contributed by atoms with Crippen LogP contribution in [0.5, 0.6) is 0 Å². The molecule has 0 saturated carbocycles. The van der Waals surface area contributed by atoms with E-state index >= 15 is 0 Å². The molecule has 0 aromatic heterocycles. The summed E-state index contributed by atoms with van der Waals surface area (Å²) in [5, 5.41) is 9.24. The van der Waals surface area contributed by atoms with Crippen molar-refractivity contribution in [1.82, 2.24) is 0 Å². The molecule has 0 aliphatic rings. The van der Waals surface area contributed by atoms with Crippen LogP contribution in [0.25, 0.3) is 0 Å². The Morgan fingerprint density at radius 2 is 1.92 bits per heavy atom. The summed E-state index contributed by atoms with van der Waals surface area (Å²) in [5.74, 6) is -0.829. The van der Waals surface area contributed by atoms with Crippen LogP contribution in [0.1, 0.15) is 27.7 Å². The van der Waals surface area contributed by atoms with Gasteiger partial charge in [-0.15, -0.1) is 11.8 Å². The number of carboxylic acid groups (broad SMARTS) is 1. The standard InChI is InChI=1S/C8H14O2S3/c1-5(2)12-7(11)13-8(3,4)6(9)10/h5H,1-4H3,(H,9,10). The highest BCUT2D eigenvalue weighted by molar-refractivity contribution is 8.47. The number of carbonyl (C=O) groups is 1. The van der Waals surface area contributed by atoms with Gasteiger partial charge in [-0.1, -0.05) is 37.8 Å². The minimum atomic E-state index is -0.829. The lowest BCUT2D eigenvalue weighted by Crippen LogP contribution is -2.28. The van der Waals surface area contributed by atoms with Crippen LogP contribution < -0.4 is 0 Å². The van der Waals surface area contributed by atoms with E-state index in [0.717, 1.165) is 0 Å². The normalized spacial score (nSPS) is 11.8. The molecule has 0 unspecified atom stereocenters. The SMILES string of the molecule is CC(C)SC(=S)SC(C)(C)C(=O)O. The van der Waals surface area contributed by atoms with E-state index in [0.29, 0.717) is 8.78 Å². The second-order valence-electron chi connectivity index (χ2n) is 3.33. The Morgan fingerprint density at radius 3 is 2.23 bits per heavy atom. The number of hydrogen-bond donors (Lipinski definition) is 1. The average molecular weight is 238 g/mol. The van der Waals surface area contributed by atoms with E-state index in [-0.39, 0.29) is 0 Å². The zero-order valence-electron chi connectivity index (χ0n) is 8.16. The van der Waals surface area contributed by atoms with E-state index in [1.54, 1.807) is 13.8 Å². The average Bonchev–Trinajstić information content (AvgIpc) is 1.82. The topological polar surface area (TPSA) is 37.3 Å². The quantitative estimate of drug-likeness (QED) is 0.765. The van der Waals surface area contributed by atoms with Crippen LogP contribution >= 0.6 is 35.7 Å². The van der Waals surface area contributed by atoms with Gasteiger partial charge in [0.05, 0.1) is 0 Å². The molecule has 0 rings (SSSR count). The van der Waals surface area contributed by atoms with Gasteiger partial charge in [0.1, 0.15) is 8.28 Å². The fourth-order valence-corrected chi connectivity index (χ4v) is 3.95. The molecular formula is C8H14O2S3. The minimum Gasteiger partial charge on any atom is -0.480 e. The first kappa shape index (κ1) is 13.3. The summed E-state index contributed by atoms with van der Waals surface area (Å²) < 4.78 is -0.124. The molecule has 0 atom stereocenters. The Morgan fingerprint density at radius 1 is 1.46 bits per heavy atom. The molecule has 76 valence electrons. The monoisotopic (exact) mass is 238 g/mol. The minimum absolute atomic E-state index is 0.407. The number of thiocarbonyl (C=S) groups is 1. The second-order valence-corrected chi connectivity index (χ2v) is 7.74. The largest absolute Gasteiger partial charge is 0.480 e. The number of carboxylic acids is 1. The Kier molecular flexibility index (Phi) is 5.32. The molecule has 0 saturated heterocycles. The van der Waals surface area contributed by atoms with Crippen molar-refractivity contribution < 1.29 is 9.90 Å². The number of rotatable bonds is 3. The van der Waals surface area contributed by atoms with E-state index in [2.05, 4.69) is 0 Å². The van der Waals surface area contributed by atoms with E-state index < -0.39 is 10.7 Å². The highest BCUT2D eigenvalue weighted by atomic mass is 32.2. The summed E-state index contributed by atoms with van der Waals surface area (Å²) in [5.41, 5.74) is 0. The van der Waals surface area contributed by atoms with E-state index in [9.17, 15) is 4.79 Å². The third-order valence-electron chi connectivity index (χ3n) is 1.19. The molecule has 0 aliphatic heterocycles. The van der Waals surface area contributed by atoms with Crippen molar-refractivity contribution in [1.29, 1.82) is 0 Å². The van der Waals surface area contributed by atoms with Crippen molar-refractivity contribution in [3.63, 3.8) is 0 Å². The molecule has 13 heavy (non-hydrogen) atoms. The predicted molar refractivity (Wildman–Crippen MR) is 64.6 cm³/mol. The Balaban J connectivity index is 4.12. The zero-order chi connectivity index (χ0) is 10.6. The molecule has 0 amide bonds. The molecule has 0 heterocycles. The van der Waals surface area contributed by atoms with Crippen LogP contribution in [-0.4, -0.2) is 24.6 Å². The summed E-state index contributed by atoms with van der Waals surface area (Å²) in [6.45, 7) is 7.39. The molecule has 0 aromatic carbocycles. The summed E-state index contributed by atoms with van der Waals surface area (Å²) in [6.07, 6.45) is 0. The summed E-state index contributed by atoms with van der Waals surface area (Å²) >= 11 is 7.82. The first-order valence-corrected chi connectivity index (χ1v) is 5.99. The molecule has 5 heteroatoms. The summed E-state index contributed by atoms with van der Waals surface area (Å²) in [6, 6.07) is 0. The highest BCUT2D eigenvalue weighted by Crippen LogP contribution is 2.32. The van der Waals surface area contributed by atoms with Gasteiger partial charge < -0.3 is 5.11 Å². The second kappa shape index (κ2) is 5.22. The summed E-state index contributed by atoms with van der Waals surface area (Å²) in [7, 11) is 0. The van der Waals surface area contributed by atoms with Crippen LogP contribution in [0.15, 0.2) is 0 Å². The van der Waals surface area contributed by atoms with Gasteiger partial charge in [-0.2, -0.15) is 0 Å². The first-order chi connectivity index (χ1) is 5.75. The van der Waals surface area contributed by atoms with Crippen molar-refractivity contribution in [2.24, 2.45) is 0 Å². The van der Waals surface area contributed by atoms with Gasteiger partial charge in [-0.3, -0.25) is 4.79 Å². The molecule has 0 aliphatic carbocycles. The zero-order valence-corrected chi connectivity index (χ0v) is 10.6. The Hall–Kier alpha value is 0.260. The maximum atomic E-state index is 10.8. The lowest BCUT2D eigenvalue weighted by Gasteiger charge is -2.18. The van der Waals surface area contributed by atoms with Gasteiger partial charge >= 0.3 is 5.97 Å². The van der Waals surface area contributed by atoms with Crippen LogP contribution in [0.2, 0.25) is 0 Å². The third-order valence-corrected chi connectivity index (χ3v) is 3.78. The highest BCUT2D eigenvalue weighted by Gasteiger charge is 2.29. The van der Waals surface area contributed by atoms with Gasteiger partial charge in [0.15, 0.2) is 0 Å². The van der Waals surface area contributed by atoms with Crippen LogP contribution in [-0.2, 0) is 4.79 Å². The van der Waals surface area contributed by atoms with Gasteiger partial charge in [-0.25, -0.2) is 0 Å². The smallest absolute Gasteiger partial charge is 0.319 e. The lowest BCUT2D eigenvalue weighted by atomic mass is 10.2. The predicted octanol–water partition coefficient (Wildman–Crippen LogP) is 3.01. The van der Waals surface area contributed by atoms with Crippen LogP contribution in [0.4, 0.5) is 0 Å². The number of aliphatic carboxylic acids is 1. The molecular weight excluding hydrogens is 224 g/mol. The first-order valence-electron chi connectivity index (χ1n) is 3.88. The van der Waals surface area contributed by atoms with Crippen LogP contribution in [0, 0.1) is 0 Å².